The van der Waals surface area contributed by atoms with E-state index in [-0.39, 0.29) is 12.3 Å². The molecule has 2 rings (SSSR count). The van der Waals surface area contributed by atoms with Gasteiger partial charge in [-0.05, 0) is 24.6 Å². The van der Waals surface area contributed by atoms with E-state index < -0.39 is 23.7 Å². The van der Waals surface area contributed by atoms with E-state index in [1.807, 2.05) is 6.92 Å². The zero-order valence-corrected chi connectivity index (χ0v) is 9.49. The molecule has 3 nitrogen and oxygen atoms in total. The monoisotopic (exact) mass is 240 g/mol. The van der Waals surface area contributed by atoms with Gasteiger partial charge in [0.15, 0.2) is 0 Å². The highest BCUT2D eigenvalue weighted by Crippen LogP contribution is 2.32. The van der Waals surface area contributed by atoms with Gasteiger partial charge in [0.05, 0.1) is 6.04 Å². The summed E-state index contributed by atoms with van der Waals surface area (Å²) in [4.78, 5) is 13.2. The van der Waals surface area contributed by atoms with E-state index in [1.54, 1.807) is 4.90 Å². The quantitative estimate of drug-likeness (QED) is 0.853. The van der Waals surface area contributed by atoms with Gasteiger partial charge < -0.3 is 10.6 Å². The molecule has 1 saturated heterocycles. The highest BCUT2D eigenvalue weighted by Gasteiger charge is 2.37. The number of likely N-dealkylation sites (tertiary alicyclic amines) is 1. The molecule has 1 aromatic rings. The van der Waals surface area contributed by atoms with Gasteiger partial charge in [-0.3, -0.25) is 4.79 Å². The topological polar surface area (TPSA) is 46.3 Å². The number of amides is 1. The molecule has 1 amide bonds. The van der Waals surface area contributed by atoms with Crippen LogP contribution in [0.2, 0.25) is 0 Å². The highest BCUT2D eigenvalue weighted by molar-refractivity contribution is 5.80. The standard InChI is InChI=1S/C12H14F2N2O/c1-2-16-11(17)6-10(15)12(16)7-3-8(13)5-9(14)4-7/h3-5,10,12H,2,6,15H2,1H3. The van der Waals surface area contributed by atoms with Crippen LogP contribution in [0.5, 0.6) is 0 Å². The summed E-state index contributed by atoms with van der Waals surface area (Å²) in [5, 5.41) is 0. The number of hydrogen-bond acceptors (Lipinski definition) is 2. The Labute approximate surface area is 98.2 Å². The number of benzene rings is 1. The normalized spacial score (nSPS) is 24.5. The molecule has 5 heteroatoms. The van der Waals surface area contributed by atoms with Crippen LogP contribution in [-0.4, -0.2) is 23.4 Å². The first-order valence-corrected chi connectivity index (χ1v) is 5.54. The first kappa shape index (κ1) is 12.0. The van der Waals surface area contributed by atoms with Crippen molar-refractivity contribution in [3.63, 3.8) is 0 Å². The molecular weight excluding hydrogens is 226 g/mol. The lowest BCUT2D eigenvalue weighted by molar-refractivity contribution is -0.128. The summed E-state index contributed by atoms with van der Waals surface area (Å²) < 4.78 is 26.3. The number of hydrogen-bond donors (Lipinski definition) is 1. The van der Waals surface area contributed by atoms with E-state index in [2.05, 4.69) is 0 Å². The van der Waals surface area contributed by atoms with Crippen molar-refractivity contribution < 1.29 is 13.6 Å². The van der Waals surface area contributed by atoms with E-state index in [9.17, 15) is 13.6 Å². The molecule has 0 radical (unpaired) electrons. The number of carbonyl (C=O) groups excluding carboxylic acids is 1. The van der Waals surface area contributed by atoms with Gasteiger partial charge >= 0.3 is 0 Å². The minimum Gasteiger partial charge on any atom is -0.334 e. The predicted molar refractivity (Wildman–Crippen MR) is 59.1 cm³/mol. The van der Waals surface area contributed by atoms with Crippen molar-refractivity contribution in [2.24, 2.45) is 5.73 Å². The van der Waals surface area contributed by atoms with Gasteiger partial charge in [-0.1, -0.05) is 0 Å². The molecule has 1 fully saturated rings. The van der Waals surface area contributed by atoms with Crippen LogP contribution in [-0.2, 0) is 4.79 Å². The van der Waals surface area contributed by atoms with Crippen LogP contribution in [0.25, 0.3) is 0 Å². The number of nitrogens with zero attached hydrogens (tertiary/aromatic N) is 1. The zero-order valence-electron chi connectivity index (χ0n) is 9.49. The molecule has 2 unspecified atom stereocenters. The second-order valence-corrected chi connectivity index (χ2v) is 4.20. The second kappa shape index (κ2) is 4.41. The number of rotatable bonds is 2. The zero-order chi connectivity index (χ0) is 12.6. The van der Waals surface area contributed by atoms with Crippen LogP contribution in [0, 0.1) is 11.6 Å². The fourth-order valence-electron chi connectivity index (χ4n) is 2.36. The third kappa shape index (κ3) is 2.15. The molecule has 17 heavy (non-hydrogen) atoms. The first-order chi connectivity index (χ1) is 8.02. The lowest BCUT2D eigenvalue weighted by Crippen LogP contribution is -2.33. The summed E-state index contributed by atoms with van der Waals surface area (Å²) >= 11 is 0. The second-order valence-electron chi connectivity index (χ2n) is 4.20. The smallest absolute Gasteiger partial charge is 0.224 e. The number of likely N-dealkylation sites (N-methyl/N-ethyl adjacent to an activating group) is 1. The number of halogens is 2. The Morgan fingerprint density at radius 1 is 1.35 bits per heavy atom. The minimum atomic E-state index is -0.650. The summed E-state index contributed by atoms with van der Waals surface area (Å²) in [5.41, 5.74) is 6.28. The van der Waals surface area contributed by atoms with Gasteiger partial charge in [-0.15, -0.1) is 0 Å². The largest absolute Gasteiger partial charge is 0.334 e. The minimum absolute atomic E-state index is 0.0744. The molecule has 1 aromatic carbocycles. The molecule has 0 aliphatic carbocycles. The summed E-state index contributed by atoms with van der Waals surface area (Å²) in [6.07, 6.45) is 0.219. The highest BCUT2D eigenvalue weighted by atomic mass is 19.1. The Hall–Kier alpha value is -1.49. The molecule has 0 saturated carbocycles. The summed E-state index contributed by atoms with van der Waals surface area (Å²) in [6, 6.07) is 2.42. The molecule has 0 aromatic heterocycles. The average Bonchev–Trinajstić information content (AvgIpc) is 2.51. The van der Waals surface area contributed by atoms with E-state index in [0.717, 1.165) is 6.07 Å². The fraction of sp³-hybridized carbons (Fsp3) is 0.417. The van der Waals surface area contributed by atoms with E-state index in [1.165, 1.54) is 12.1 Å². The Morgan fingerprint density at radius 2 is 1.94 bits per heavy atom. The molecular formula is C12H14F2N2O. The van der Waals surface area contributed by atoms with Crippen molar-refractivity contribution in [1.82, 2.24) is 4.90 Å². The Morgan fingerprint density at radius 3 is 2.47 bits per heavy atom. The van der Waals surface area contributed by atoms with Crippen LogP contribution in [0.15, 0.2) is 18.2 Å². The van der Waals surface area contributed by atoms with E-state index in [0.29, 0.717) is 12.1 Å². The lowest BCUT2D eigenvalue weighted by Gasteiger charge is -2.26. The Kier molecular flexibility index (Phi) is 3.11. The molecule has 0 spiro atoms. The van der Waals surface area contributed by atoms with E-state index in [4.69, 9.17) is 5.73 Å². The molecule has 1 aliphatic rings. The van der Waals surface area contributed by atoms with E-state index >= 15 is 0 Å². The van der Waals surface area contributed by atoms with Crippen LogP contribution in [0.3, 0.4) is 0 Å². The maximum absolute atomic E-state index is 13.2. The van der Waals surface area contributed by atoms with Crippen LogP contribution in [0.4, 0.5) is 8.78 Å². The third-order valence-corrected chi connectivity index (χ3v) is 3.04. The fourth-order valence-corrected chi connectivity index (χ4v) is 2.36. The van der Waals surface area contributed by atoms with Crippen molar-refractivity contribution in [3.05, 3.63) is 35.4 Å². The Bertz CT molecular complexity index is 430. The van der Waals surface area contributed by atoms with Crippen molar-refractivity contribution >= 4 is 5.91 Å². The average molecular weight is 240 g/mol. The summed E-state index contributed by atoms with van der Waals surface area (Å²) in [6.45, 7) is 2.30. The molecule has 92 valence electrons. The van der Waals surface area contributed by atoms with Crippen LogP contribution >= 0.6 is 0 Å². The first-order valence-electron chi connectivity index (χ1n) is 5.54. The van der Waals surface area contributed by atoms with Crippen LogP contribution in [0.1, 0.15) is 24.9 Å². The maximum Gasteiger partial charge on any atom is 0.224 e. The molecule has 1 heterocycles. The van der Waals surface area contributed by atoms with Gasteiger partial charge in [0.25, 0.3) is 0 Å². The number of nitrogens with two attached hydrogens (primary N) is 1. The molecule has 2 atom stereocenters. The van der Waals surface area contributed by atoms with Gasteiger partial charge in [0, 0.05) is 25.1 Å². The van der Waals surface area contributed by atoms with Crippen molar-refractivity contribution in [2.45, 2.75) is 25.4 Å². The third-order valence-electron chi connectivity index (χ3n) is 3.04. The predicted octanol–water partition coefficient (Wildman–Crippen LogP) is 1.59. The van der Waals surface area contributed by atoms with Crippen molar-refractivity contribution in [2.75, 3.05) is 6.54 Å². The van der Waals surface area contributed by atoms with Gasteiger partial charge in [-0.2, -0.15) is 0 Å². The summed E-state index contributed by atoms with van der Waals surface area (Å²) in [7, 11) is 0. The number of carbonyl (C=O) groups is 1. The van der Waals surface area contributed by atoms with Gasteiger partial charge in [0.1, 0.15) is 11.6 Å². The molecule has 2 N–H and O–H groups in total. The van der Waals surface area contributed by atoms with Crippen molar-refractivity contribution in [3.8, 4) is 0 Å². The molecule has 1 aliphatic heterocycles. The Balaban J connectivity index is 2.40. The van der Waals surface area contributed by atoms with Crippen molar-refractivity contribution in [1.29, 1.82) is 0 Å². The molecule has 0 bridgehead atoms. The SMILES string of the molecule is CCN1C(=O)CC(N)C1c1cc(F)cc(F)c1. The summed E-state index contributed by atoms with van der Waals surface area (Å²) in [5.74, 6) is -1.38. The van der Waals surface area contributed by atoms with Crippen LogP contribution < -0.4 is 5.73 Å². The van der Waals surface area contributed by atoms with Gasteiger partial charge in [0.2, 0.25) is 5.91 Å². The van der Waals surface area contributed by atoms with Gasteiger partial charge in [-0.25, -0.2) is 8.78 Å². The maximum atomic E-state index is 13.2. The lowest BCUT2D eigenvalue weighted by atomic mass is 10.0.